The highest BCUT2D eigenvalue weighted by atomic mass is 127. The number of guanidine groups is 1. The van der Waals surface area contributed by atoms with Gasteiger partial charge < -0.3 is 20.1 Å². The van der Waals surface area contributed by atoms with Crippen LogP contribution < -0.4 is 10.1 Å². The predicted molar refractivity (Wildman–Crippen MR) is 112 cm³/mol. The molecule has 1 aromatic carbocycles. The summed E-state index contributed by atoms with van der Waals surface area (Å²) in [5, 5.41) is 17.7. The number of aliphatic hydroxyl groups excluding tert-OH is 1. The molecule has 0 spiro atoms. The third kappa shape index (κ3) is 6.13. The number of aromatic nitrogens is 3. The number of methoxy groups -OCH3 is 1. The van der Waals surface area contributed by atoms with Crippen molar-refractivity contribution in [3.63, 3.8) is 0 Å². The largest absolute Gasteiger partial charge is 0.497 e. The minimum Gasteiger partial charge on any atom is -0.497 e. The summed E-state index contributed by atoms with van der Waals surface area (Å²) in [6.07, 6.45) is 0.850. The van der Waals surface area contributed by atoms with Crippen LogP contribution in [-0.2, 0) is 13.6 Å². The molecule has 0 aliphatic heterocycles. The van der Waals surface area contributed by atoms with Gasteiger partial charge in [0.15, 0.2) is 5.96 Å². The van der Waals surface area contributed by atoms with Gasteiger partial charge in [0.1, 0.15) is 17.9 Å². The van der Waals surface area contributed by atoms with Crippen LogP contribution in [0.5, 0.6) is 5.75 Å². The summed E-state index contributed by atoms with van der Waals surface area (Å²) in [6.45, 7) is 3.57. The van der Waals surface area contributed by atoms with Crippen LogP contribution in [-0.4, -0.2) is 58.0 Å². The molecular weight excluding hydrogens is 447 g/mol. The molecule has 0 saturated carbocycles. The molecule has 1 atom stereocenters. The Hall–Kier alpha value is -1.88. The fraction of sp³-hybridized carbons (Fsp3) is 0.471. The Kier molecular flexibility index (Phi) is 9.35. The number of aliphatic imine (C=N–C) groups is 1. The normalized spacial score (nSPS) is 12.3. The first-order valence-corrected chi connectivity index (χ1v) is 8.19. The second-order valence-corrected chi connectivity index (χ2v) is 5.64. The maximum absolute atomic E-state index is 10.4. The van der Waals surface area contributed by atoms with Crippen molar-refractivity contribution < 1.29 is 9.84 Å². The second kappa shape index (κ2) is 11.0. The molecule has 8 nitrogen and oxygen atoms in total. The number of hydrogen-bond acceptors (Lipinski definition) is 5. The van der Waals surface area contributed by atoms with Crippen LogP contribution >= 0.6 is 24.0 Å². The van der Waals surface area contributed by atoms with Gasteiger partial charge >= 0.3 is 0 Å². The van der Waals surface area contributed by atoms with Crippen molar-refractivity contribution in [3.8, 4) is 5.75 Å². The highest BCUT2D eigenvalue weighted by Crippen LogP contribution is 2.17. The summed E-state index contributed by atoms with van der Waals surface area (Å²) < 4.78 is 6.86. The lowest BCUT2D eigenvalue weighted by atomic mass is 10.1. The summed E-state index contributed by atoms with van der Waals surface area (Å²) >= 11 is 0. The molecule has 144 valence electrons. The highest BCUT2D eigenvalue weighted by Gasteiger charge is 2.12. The maximum Gasteiger partial charge on any atom is 0.194 e. The van der Waals surface area contributed by atoms with E-state index in [1.807, 2.05) is 50.2 Å². The average Bonchev–Trinajstić information content (AvgIpc) is 3.03. The van der Waals surface area contributed by atoms with Gasteiger partial charge in [-0.25, -0.2) is 4.98 Å². The van der Waals surface area contributed by atoms with Crippen LogP contribution in [0.2, 0.25) is 0 Å². The van der Waals surface area contributed by atoms with Crippen molar-refractivity contribution in [2.45, 2.75) is 19.6 Å². The second-order valence-electron chi connectivity index (χ2n) is 5.64. The predicted octanol–water partition coefficient (Wildman–Crippen LogP) is 1.57. The summed E-state index contributed by atoms with van der Waals surface area (Å²) in [5.74, 6) is 2.30. The van der Waals surface area contributed by atoms with Gasteiger partial charge in [-0.05, 0) is 24.6 Å². The van der Waals surface area contributed by atoms with Gasteiger partial charge in [-0.1, -0.05) is 12.1 Å². The number of aryl methyl sites for hydroxylation is 1. The molecule has 0 bridgehead atoms. The molecule has 0 aliphatic carbocycles. The van der Waals surface area contributed by atoms with Crippen LogP contribution in [0.3, 0.4) is 0 Å². The van der Waals surface area contributed by atoms with Gasteiger partial charge in [-0.2, -0.15) is 5.10 Å². The van der Waals surface area contributed by atoms with Crippen LogP contribution in [0.25, 0.3) is 0 Å². The van der Waals surface area contributed by atoms with Crippen LogP contribution in [0.4, 0.5) is 0 Å². The van der Waals surface area contributed by atoms with Crippen molar-refractivity contribution in [2.75, 3.05) is 27.2 Å². The number of benzene rings is 1. The Labute approximate surface area is 171 Å². The number of rotatable bonds is 7. The molecule has 1 aromatic heterocycles. The minimum atomic E-state index is -0.678. The zero-order valence-electron chi connectivity index (χ0n) is 15.6. The third-order valence-electron chi connectivity index (χ3n) is 3.79. The fourth-order valence-corrected chi connectivity index (χ4v) is 2.32. The van der Waals surface area contributed by atoms with E-state index in [2.05, 4.69) is 20.4 Å². The van der Waals surface area contributed by atoms with Gasteiger partial charge in [-0.15, -0.1) is 24.0 Å². The van der Waals surface area contributed by atoms with E-state index in [1.54, 1.807) is 11.8 Å². The SMILES string of the molecule is CCNC(=NCC(O)c1ccc(OC)cc1)N(C)Cc1ncnn1C.I. The number of ether oxygens (including phenoxy) is 1. The molecule has 0 aliphatic rings. The lowest BCUT2D eigenvalue weighted by Gasteiger charge is -2.22. The average molecular weight is 474 g/mol. The Morgan fingerprint density at radius 2 is 2.08 bits per heavy atom. The highest BCUT2D eigenvalue weighted by molar-refractivity contribution is 14.0. The van der Waals surface area contributed by atoms with E-state index in [0.29, 0.717) is 12.5 Å². The summed E-state index contributed by atoms with van der Waals surface area (Å²) in [4.78, 5) is 10.7. The van der Waals surface area contributed by atoms with Crippen LogP contribution in [0.15, 0.2) is 35.6 Å². The monoisotopic (exact) mass is 474 g/mol. The van der Waals surface area contributed by atoms with E-state index >= 15 is 0 Å². The number of halogens is 1. The first-order chi connectivity index (χ1) is 12.0. The zero-order chi connectivity index (χ0) is 18.2. The van der Waals surface area contributed by atoms with E-state index in [0.717, 1.165) is 23.7 Å². The summed E-state index contributed by atoms with van der Waals surface area (Å²) in [6, 6.07) is 7.34. The van der Waals surface area contributed by atoms with Crippen molar-refractivity contribution in [3.05, 3.63) is 42.0 Å². The molecule has 0 amide bonds. The van der Waals surface area contributed by atoms with Gasteiger partial charge in [0.05, 0.1) is 26.3 Å². The van der Waals surface area contributed by atoms with E-state index in [-0.39, 0.29) is 30.5 Å². The molecular formula is C17H27IN6O2. The van der Waals surface area contributed by atoms with Gasteiger partial charge in [-0.3, -0.25) is 9.67 Å². The van der Waals surface area contributed by atoms with Crippen molar-refractivity contribution in [1.82, 2.24) is 25.0 Å². The summed E-state index contributed by atoms with van der Waals surface area (Å²) in [5.41, 5.74) is 0.802. The van der Waals surface area contributed by atoms with E-state index in [9.17, 15) is 5.11 Å². The number of nitrogens with zero attached hydrogens (tertiary/aromatic N) is 5. The topological polar surface area (TPSA) is 87.8 Å². The molecule has 9 heteroatoms. The van der Waals surface area contributed by atoms with Gasteiger partial charge in [0.25, 0.3) is 0 Å². The first kappa shape index (κ1) is 22.2. The van der Waals surface area contributed by atoms with Gasteiger partial charge in [0, 0.05) is 20.6 Å². The van der Waals surface area contributed by atoms with Crippen LogP contribution in [0.1, 0.15) is 24.4 Å². The quantitative estimate of drug-likeness (QED) is 0.360. The van der Waals surface area contributed by atoms with Gasteiger partial charge in [0.2, 0.25) is 0 Å². The lowest BCUT2D eigenvalue weighted by molar-refractivity contribution is 0.186. The molecule has 0 fully saturated rings. The zero-order valence-corrected chi connectivity index (χ0v) is 17.9. The van der Waals surface area contributed by atoms with Crippen molar-refractivity contribution >= 4 is 29.9 Å². The molecule has 2 N–H and O–H groups in total. The Morgan fingerprint density at radius 3 is 2.62 bits per heavy atom. The number of hydrogen-bond donors (Lipinski definition) is 2. The molecule has 1 heterocycles. The number of aliphatic hydroxyl groups is 1. The fourth-order valence-electron chi connectivity index (χ4n) is 2.32. The Morgan fingerprint density at radius 1 is 1.38 bits per heavy atom. The third-order valence-corrected chi connectivity index (χ3v) is 3.79. The molecule has 2 aromatic rings. The maximum atomic E-state index is 10.4. The minimum absolute atomic E-state index is 0. The molecule has 26 heavy (non-hydrogen) atoms. The Balaban J connectivity index is 0.00000338. The van der Waals surface area contributed by atoms with E-state index in [1.165, 1.54) is 6.33 Å². The number of nitrogens with one attached hydrogen (secondary N) is 1. The molecule has 0 radical (unpaired) electrons. The first-order valence-electron chi connectivity index (χ1n) is 8.19. The molecule has 2 rings (SSSR count). The summed E-state index contributed by atoms with van der Waals surface area (Å²) in [7, 11) is 5.40. The Bertz CT molecular complexity index is 689. The van der Waals surface area contributed by atoms with E-state index < -0.39 is 6.10 Å². The lowest BCUT2D eigenvalue weighted by Crippen LogP contribution is -2.39. The molecule has 1 unspecified atom stereocenters. The van der Waals surface area contributed by atoms with Crippen molar-refractivity contribution in [1.29, 1.82) is 0 Å². The van der Waals surface area contributed by atoms with Crippen molar-refractivity contribution in [2.24, 2.45) is 12.0 Å². The van der Waals surface area contributed by atoms with Crippen LogP contribution in [0, 0.1) is 0 Å². The standard InChI is InChI=1S/C17H26N6O2.HI/c1-5-18-17(22(2)11-16-20-12-21-23(16)3)19-10-15(24)13-6-8-14(25-4)9-7-13;/h6-9,12,15,24H,5,10-11H2,1-4H3,(H,18,19);1H. The molecule has 0 saturated heterocycles. The van der Waals surface area contributed by atoms with E-state index in [4.69, 9.17) is 4.74 Å². The smallest absolute Gasteiger partial charge is 0.194 e.